The molecular weight excluding hydrogens is 386 g/mol. The quantitative estimate of drug-likeness (QED) is 0.433. The van der Waals surface area contributed by atoms with E-state index in [9.17, 15) is 4.79 Å². The lowest BCUT2D eigenvalue weighted by molar-refractivity contribution is -0.117. The number of carbonyl (C=O) groups excluding carboxylic acids is 1. The number of benzene rings is 2. The van der Waals surface area contributed by atoms with Gasteiger partial charge in [-0.1, -0.05) is 53.2 Å². The zero-order valence-electron chi connectivity index (χ0n) is 18.1. The van der Waals surface area contributed by atoms with Crippen LogP contribution in [0.5, 0.6) is 0 Å². The molecule has 4 rings (SSSR count). The first-order valence-corrected chi connectivity index (χ1v) is 10.3. The minimum Gasteiger partial charge on any atom is -0.337 e. The highest BCUT2D eigenvalue weighted by molar-refractivity contribution is 6.00. The summed E-state index contributed by atoms with van der Waals surface area (Å²) < 4.78 is 5.67. The summed E-state index contributed by atoms with van der Waals surface area (Å²) in [5, 5.41) is 7.31. The normalized spacial score (nSPS) is 11.9. The predicted octanol–water partition coefficient (Wildman–Crippen LogP) is 6.07. The summed E-state index contributed by atoms with van der Waals surface area (Å²) in [5.74, 6) is -0.138. The number of anilines is 1. The maximum Gasteiger partial charge on any atom is 0.239 e. The number of nitrogens with one attached hydrogen (secondary N) is 1. The molecule has 4 aromatic rings. The number of aromatic nitrogens is 2. The zero-order chi connectivity index (χ0) is 22.0. The third-order valence-corrected chi connectivity index (χ3v) is 5.58. The Labute approximate surface area is 182 Å². The molecule has 5 heteroatoms. The van der Waals surface area contributed by atoms with Crippen molar-refractivity contribution in [2.24, 2.45) is 0 Å². The van der Waals surface area contributed by atoms with Crippen molar-refractivity contribution < 1.29 is 9.32 Å². The molecule has 0 fully saturated rings. The van der Waals surface area contributed by atoms with Gasteiger partial charge >= 0.3 is 0 Å². The fourth-order valence-electron chi connectivity index (χ4n) is 3.86. The van der Waals surface area contributed by atoms with Crippen molar-refractivity contribution in [3.8, 4) is 22.4 Å². The molecular formula is C26H25N3O2. The summed E-state index contributed by atoms with van der Waals surface area (Å²) in [7, 11) is 0. The molecule has 0 saturated carbocycles. The lowest BCUT2D eigenvalue weighted by atomic mass is 9.95. The summed E-state index contributed by atoms with van der Waals surface area (Å²) in [6, 6.07) is 17.9. The first kappa shape index (κ1) is 20.5. The molecule has 0 radical (unpaired) electrons. The summed E-state index contributed by atoms with van der Waals surface area (Å²) in [6.45, 7) is 8.01. The molecule has 31 heavy (non-hydrogen) atoms. The van der Waals surface area contributed by atoms with Gasteiger partial charge in [-0.15, -0.1) is 0 Å². The number of hydrogen-bond donors (Lipinski definition) is 1. The Bertz CT molecular complexity index is 1230. The van der Waals surface area contributed by atoms with Crippen molar-refractivity contribution in [3.63, 3.8) is 0 Å². The maximum atomic E-state index is 13.1. The summed E-state index contributed by atoms with van der Waals surface area (Å²) >= 11 is 0. The van der Waals surface area contributed by atoms with Crippen LogP contribution in [0.15, 0.2) is 71.5 Å². The van der Waals surface area contributed by atoms with Gasteiger partial charge in [0.05, 0.1) is 11.5 Å². The van der Waals surface area contributed by atoms with E-state index in [0.29, 0.717) is 11.6 Å². The van der Waals surface area contributed by atoms with Crippen LogP contribution in [0, 0.1) is 20.8 Å². The Balaban J connectivity index is 1.76. The summed E-state index contributed by atoms with van der Waals surface area (Å²) in [4.78, 5) is 17.2. The lowest BCUT2D eigenvalue weighted by Crippen LogP contribution is -2.19. The second kappa shape index (κ2) is 8.56. The second-order valence-electron chi connectivity index (χ2n) is 7.86. The van der Waals surface area contributed by atoms with Gasteiger partial charge in [-0.3, -0.25) is 15.1 Å². The fraction of sp³-hybridized carbons (Fsp3) is 0.192. The maximum absolute atomic E-state index is 13.1. The molecule has 5 nitrogen and oxygen atoms in total. The predicted molar refractivity (Wildman–Crippen MR) is 123 cm³/mol. The molecule has 1 atom stereocenters. The van der Waals surface area contributed by atoms with Crippen LogP contribution in [0.4, 0.5) is 5.88 Å². The number of nitrogens with zero attached hydrogens (tertiary/aromatic N) is 2. The van der Waals surface area contributed by atoms with E-state index in [4.69, 9.17) is 4.52 Å². The van der Waals surface area contributed by atoms with E-state index in [-0.39, 0.29) is 11.8 Å². The van der Waals surface area contributed by atoms with Gasteiger partial charge < -0.3 is 4.52 Å². The van der Waals surface area contributed by atoms with Crippen LogP contribution in [0.3, 0.4) is 0 Å². The number of hydrogen-bond acceptors (Lipinski definition) is 4. The van der Waals surface area contributed by atoms with Crippen LogP contribution in [0.25, 0.3) is 22.4 Å². The molecule has 2 aromatic heterocycles. The highest BCUT2D eigenvalue weighted by Gasteiger charge is 2.25. The van der Waals surface area contributed by atoms with Gasteiger partial charge in [0.1, 0.15) is 5.69 Å². The second-order valence-corrected chi connectivity index (χ2v) is 7.86. The van der Waals surface area contributed by atoms with Gasteiger partial charge in [0.2, 0.25) is 11.8 Å². The number of pyridine rings is 1. The highest BCUT2D eigenvalue weighted by Crippen LogP contribution is 2.39. The summed E-state index contributed by atoms with van der Waals surface area (Å²) in [5.41, 5.74) is 7.62. The van der Waals surface area contributed by atoms with Crippen molar-refractivity contribution in [2.45, 2.75) is 33.6 Å². The van der Waals surface area contributed by atoms with E-state index in [1.54, 1.807) is 12.4 Å². The zero-order valence-corrected chi connectivity index (χ0v) is 18.1. The highest BCUT2D eigenvalue weighted by atomic mass is 16.5. The average molecular weight is 412 g/mol. The van der Waals surface area contributed by atoms with Gasteiger partial charge in [-0.2, -0.15) is 0 Å². The third-order valence-electron chi connectivity index (χ3n) is 5.58. The van der Waals surface area contributed by atoms with E-state index >= 15 is 0 Å². The van der Waals surface area contributed by atoms with Crippen LogP contribution in [0.2, 0.25) is 0 Å². The van der Waals surface area contributed by atoms with Crippen LogP contribution >= 0.6 is 0 Å². The lowest BCUT2D eigenvalue weighted by Gasteiger charge is -2.14. The van der Waals surface area contributed by atoms with Gasteiger partial charge in [-0.05, 0) is 62.1 Å². The first-order chi connectivity index (χ1) is 15.0. The van der Waals surface area contributed by atoms with Gasteiger partial charge in [0.25, 0.3) is 0 Å². The number of amides is 1. The van der Waals surface area contributed by atoms with Crippen molar-refractivity contribution in [3.05, 3.63) is 89.2 Å². The Hall–Kier alpha value is -3.73. The van der Waals surface area contributed by atoms with Crippen LogP contribution in [-0.4, -0.2) is 16.0 Å². The molecule has 0 saturated heterocycles. The molecule has 0 aliphatic heterocycles. The molecule has 1 amide bonds. The Morgan fingerprint density at radius 3 is 2.42 bits per heavy atom. The third kappa shape index (κ3) is 4.12. The topological polar surface area (TPSA) is 68.0 Å². The molecule has 0 aliphatic rings. The van der Waals surface area contributed by atoms with Crippen LogP contribution in [-0.2, 0) is 4.79 Å². The molecule has 0 aliphatic carbocycles. The van der Waals surface area contributed by atoms with Crippen molar-refractivity contribution >= 4 is 11.8 Å². The van der Waals surface area contributed by atoms with Crippen molar-refractivity contribution in [1.29, 1.82) is 0 Å². The van der Waals surface area contributed by atoms with Crippen molar-refractivity contribution in [2.75, 3.05) is 5.32 Å². The molecule has 156 valence electrons. The molecule has 0 bridgehead atoms. The largest absolute Gasteiger partial charge is 0.337 e. The number of carbonyl (C=O) groups is 1. The van der Waals surface area contributed by atoms with E-state index in [2.05, 4.69) is 28.4 Å². The van der Waals surface area contributed by atoms with Gasteiger partial charge in [-0.25, -0.2) is 0 Å². The molecule has 2 aromatic carbocycles. The van der Waals surface area contributed by atoms with Gasteiger partial charge in [0.15, 0.2) is 0 Å². The first-order valence-electron chi connectivity index (χ1n) is 10.3. The number of aryl methyl sites for hydroxylation is 3. The Morgan fingerprint density at radius 2 is 1.71 bits per heavy atom. The standard InChI is InChI=1S/C26H25N3O2/c1-16-9-10-22(18(3)15-16)24-23(20-11-13-27-14-12-20)26(31-29-24)28-25(30)19(4)21-8-6-5-7-17(21)2/h5-15,19H,1-4H3,(H,28,30). The molecule has 2 heterocycles. The van der Waals surface area contributed by atoms with E-state index < -0.39 is 0 Å². The van der Waals surface area contributed by atoms with Crippen LogP contribution < -0.4 is 5.32 Å². The van der Waals surface area contributed by atoms with Crippen LogP contribution in [0.1, 0.15) is 35.1 Å². The van der Waals surface area contributed by atoms with Crippen molar-refractivity contribution in [1.82, 2.24) is 10.1 Å². The summed E-state index contributed by atoms with van der Waals surface area (Å²) in [6.07, 6.45) is 3.44. The molecule has 1 unspecified atom stereocenters. The van der Waals surface area contributed by atoms with E-state index in [1.165, 1.54) is 5.56 Å². The average Bonchev–Trinajstić information content (AvgIpc) is 3.17. The van der Waals surface area contributed by atoms with E-state index in [1.807, 2.05) is 69.3 Å². The fourth-order valence-corrected chi connectivity index (χ4v) is 3.86. The monoisotopic (exact) mass is 411 g/mol. The Kier molecular flexibility index (Phi) is 5.67. The minimum absolute atomic E-state index is 0.145. The Morgan fingerprint density at radius 1 is 0.968 bits per heavy atom. The minimum atomic E-state index is -0.332. The molecule has 0 spiro atoms. The number of rotatable bonds is 5. The van der Waals surface area contributed by atoms with E-state index in [0.717, 1.165) is 33.4 Å². The SMILES string of the molecule is Cc1ccc(-c2noc(NC(=O)C(C)c3ccccc3C)c2-c2ccncc2)c(C)c1. The molecule has 1 N–H and O–H groups in total. The van der Waals surface area contributed by atoms with Gasteiger partial charge in [0, 0.05) is 18.0 Å². The smallest absolute Gasteiger partial charge is 0.239 e.